The first kappa shape index (κ1) is 11.7. The zero-order chi connectivity index (χ0) is 12.5. The fraction of sp³-hybridized carbons (Fsp3) is 0.545. The van der Waals surface area contributed by atoms with E-state index in [0.717, 1.165) is 31.0 Å². The van der Waals surface area contributed by atoms with Crippen molar-refractivity contribution in [2.45, 2.75) is 13.5 Å². The molecule has 0 saturated carbocycles. The van der Waals surface area contributed by atoms with E-state index in [1.165, 1.54) is 0 Å². The zero-order valence-corrected chi connectivity index (χ0v) is 10.9. The molecule has 0 amide bonds. The molecule has 1 aliphatic heterocycles. The highest BCUT2D eigenvalue weighted by Gasteiger charge is 2.19. The van der Waals surface area contributed by atoms with Crippen LogP contribution < -0.4 is 4.90 Å². The van der Waals surface area contributed by atoms with E-state index in [0.29, 0.717) is 18.9 Å². The van der Waals surface area contributed by atoms with E-state index in [1.807, 2.05) is 4.57 Å². The molecule has 3 rings (SSSR count). The summed E-state index contributed by atoms with van der Waals surface area (Å²) in [6, 6.07) is 0. The highest BCUT2D eigenvalue weighted by Crippen LogP contribution is 2.25. The van der Waals surface area contributed by atoms with E-state index in [-0.39, 0.29) is 5.28 Å². The maximum absolute atomic E-state index is 5.97. The molecule has 0 unspecified atom stereocenters. The molecule has 2 aromatic heterocycles. The molecule has 1 saturated heterocycles. The molecule has 3 heterocycles. The summed E-state index contributed by atoms with van der Waals surface area (Å²) in [5.41, 5.74) is 1.60. The quantitative estimate of drug-likeness (QED) is 0.769. The Balaban J connectivity index is 2.15. The minimum atomic E-state index is 0.241. The Kier molecular flexibility index (Phi) is 3.05. The predicted octanol–water partition coefficient (Wildman–Crippen LogP) is 1.34. The lowest BCUT2D eigenvalue weighted by Gasteiger charge is -2.28. The van der Waals surface area contributed by atoms with E-state index >= 15 is 0 Å². The molecule has 0 aromatic carbocycles. The van der Waals surface area contributed by atoms with Gasteiger partial charge in [-0.05, 0) is 18.5 Å². The highest BCUT2D eigenvalue weighted by molar-refractivity contribution is 6.28. The Morgan fingerprint density at radius 1 is 1.33 bits per heavy atom. The normalized spacial score (nSPS) is 16.4. The van der Waals surface area contributed by atoms with Crippen LogP contribution in [0.1, 0.15) is 6.92 Å². The third kappa shape index (κ3) is 1.91. The van der Waals surface area contributed by atoms with Gasteiger partial charge in [-0.2, -0.15) is 9.97 Å². The number of halogens is 1. The van der Waals surface area contributed by atoms with Gasteiger partial charge in [-0.15, -0.1) is 0 Å². The number of imidazole rings is 1. The minimum Gasteiger partial charge on any atom is -0.378 e. The summed E-state index contributed by atoms with van der Waals surface area (Å²) in [6.45, 7) is 5.96. The van der Waals surface area contributed by atoms with Crippen molar-refractivity contribution in [3.05, 3.63) is 11.6 Å². The van der Waals surface area contributed by atoms with Crippen molar-refractivity contribution in [2.75, 3.05) is 31.2 Å². The Bertz CT molecular complexity index is 564. The summed E-state index contributed by atoms with van der Waals surface area (Å²) in [6.07, 6.45) is 1.78. The zero-order valence-electron chi connectivity index (χ0n) is 10.1. The Hall–Kier alpha value is -1.40. The topological polar surface area (TPSA) is 56.1 Å². The summed E-state index contributed by atoms with van der Waals surface area (Å²) in [5.74, 6) is 0.854. The SMILES string of the molecule is CCn1cnc2nc(Cl)nc(N3CCOCC3)c21. The van der Waals surface area contributed by atoms with Crippen molar-refractivity contribution in [3.8, 4) is 0 Å². The molecule has 0 atom stereocenters. The second kappa shape index (κ2) is 4.70. The lowest BCUT2D eigenvalue weighted by Crippen LogP contribution is -2.37. The summed E-state index contributed by atoms with van der Waals surface area (Å²) >= 11 is 5.97. The Labute approximate surface area is 110 Å². The van der Waals surface area contributed by atoms with Crippen LogP contribution in [0.15, 0.2) is 6.33 Å². The van der Waals surface area contributed by atoms with Crippen molar-refractivity contribution in [1.29, 1.82) is 0 Å². The van der Waals surface area contributed by atoms with Gasteiger partial charge in [0.25, 0.3) is 0 Å². The van der Waals surface area contributed by atoms with Crippen molar-refractivity contribution in [2.24, 2.45) is 0 Å². The van der Waals surface area contributed by atoms with Crippen LogP contribution in [-0.4, -0.2) is 45.8 Å². The van der Waals surface area contributed by atoms with E-state index in [4.69, 9.17) is 16.3 Å². The first-order chi connectivity index (χ1) is 8.79. The van der Waals surface area contributed by atoms with Gasteiger partial charge >= 0.3 is 0 Å². The number of ether oxygens (including phenoxy) is 1. The van der Waals surface area contributed by atoms with Gasteiger partial charge in [-0.3, -0.25) is 0 Å². The van der Waals surface area contributed by atoms with Crippen LogP contribution in [0.5, 0.6) is 0 Å². The maximum Gasteiger partial charge on any atom is 0.226 e. The number of fused-ring (bicyclic) bond motifs is 1. The predicted molar refractivity (Wildman–Crippen MR) is 69.0 cm³/mol. The van der Waals surface area contributed by atoms with E-state index < -0.39 is 0 Å². The molecule has 0 radical (unpaired) electrons. The van der Waals surface area contributed by atoms with Crippen LogP contribution >= 0.6 is 11.6 Å². The average molecular weight is 268 g/mol. The van der Waals surface area contributed by atoms with E-state index in [2.05, 4.69) is 26.8 Å². The number of anilines is 1. The van der Waals surface area contributed by atoms with Gasteiger partial charge in [-0.1, -0.05) is 0 Å². The van der Waals surface area contributed by atoms with Gasteiger partial charge in [0.1, 0.15) is 5.52 Å². The Morgan fingerprint density at radius 3 is 2.83 bits per heavy atom. The summed E-state index contributed by atoms with van der Waals surface area (Å²) in [4.78, 5) is 15.0. The molecule has 0 bridgehead atoms. The van der Waals surface area contributed by atoms with Crippen LogP contribution in [0.3, 0.4) is 0 Å². The smallest absolute Gasteiger partial charge is 0.226 e. The summed E-state index contributed by atoms with van der Waals surface area (Å²) in [7, 11) is 0. The standard InChI is InChI=1S/C11H14ClN5O/c1-2-16-7-13-9-8(16)10(15-11(12)14-9)17-3-5-18-6-4-17/h7H,2-6H2,1H3. The van der Waals surface area contributed by atoms with Gasteiger partial charge in [0.05, 0.1) is 19.5 Å². The van der Waals surface area contributed by atoms with Gasteiger partial charge in [0, 0.05) is 19.6 Å². The van der Waals surface area contributed by atoms with Crippen molar-refractivity contribution < 1.29 is 4.74 Å². The first-order valence-electron chi connectivity index (χ1n) is 6.00. The molecule has 0 aliphatic carbocycles. The molecule has 0 N–H and O–H groups in total. The number of aromatic nitrogens is 4. The van der Waals surface area contributed by atoms with Crippen LogP contribution in [-0.2, 0) is 11.3 Å². The second-order valence-electron chi connectivity index (χ2n) is 4.12. The minimum absolute atomic E-state index is 0.241. The van der Waals surface area contributed by atoms with Crippen LogP contribution in [0.25, 0.3) is 11.2 Å². The van der Waals surface area contributed by atoms with Gasteiger partial charge < -0.3 is 14.2 Å². The third-order valence-corrected chi connectivity index (χ3v) is 3.25. The van der Waals surface area contributed by atoms with Crippen molar-refractivity contribution >= 4 is 28.6 Å². The number of hydrogen-bond acceptors (Lipinski definition) is 5. The van der Waals surface area contributed by atoms with E-state index in [9.17, 15) is 0 Å². The number of hydrogen-bond donors (Lipinski definition) is 0. The van der Waals surface area contributed by atoms with Crippen molar-refractivity contribution in [3.63, 3.8) is 0 Å². The van der Waals surface area contributed by atoms with Gasteiger partial charge in [0.15, 0.2) is 11.5 Å². The largest absolute Gasteiger partial charge is 0.378 e. The summed E-state index contributed by atoms with van der Waals surface area (Å²) < 4.78 is 7.40. The van der Waals surface area contributed by atoms with Crippen LogP contribution in [0.4, 0.5) is 5.82 Å². The number of nitrogens with zero attached hydrogens (tertiary/aromatic N) is 5. The first-order valence-corrected chi connectivity index (χ1v) is 6.38. The molecule has 6 nitrogen and oxygen atoms in total. The molecule has 7 heteroatoms. The molecule has 2 aromatic rings. The molecule has 1 aliphatic rings. The van der Waals surface area contributed by atoms with E-state index in [1.54, 1.807) is 6.33 Å². The molecule has 1 fully saturated rings. The third-order valence-electron chi connectivity index (χ3n) is 3.08. The molecule has 0 spiro atoms. The van der Waals surface area contributed by atoms with Crippen LogP contribution in [0, 0.1) is 0 Å². The number of morpholine rings is 1. The van der Waals surface area contributed by atoms with Crippen molar-refractivity contribution in [1.82, 2.24) is 19.5 Å². The lowest BCUT2D eigenvalue weighted by molar-refractivity contribution is 0.122. The number of rotatable bonds is 2. The lowest BCUT2D eigenvalue weighted by atomic mass is 10.3. The van der Waals surface area contributed by atoms with Gasteiger partial charge in [-0.25, -0.2) is 4.98 Å². The number of aryl methyl sites for hydroxylation is 1. The fourth-order valence-electron chi connectivity index (χ4n) is 2.17. The second-order valence-corrected chi connectivity index (χ2v) is 4.46. The molecule has 96 valence electrons. The maximum atomic E-state index is 5.97. The summed E-state index contributed by atoms with van der Waals surface area (Å²) in [5, 5.41) is 0.241. The highest BCUT2D eigenvalue weighted by atomic mass is 35.5. The molecular formula is C11H14ClN5O. The molecule has 18 heavy (non-hydrogen) atoms. The average Bonchev–Trinajstić information content (AvgIpc) is 2.81. The Morgan fingerprint density at radius 2 is 2.11 bits per heavy atom. The van der Waals surface area contributed by atoms with Gasteiger partial charge in [0.2, 0.25) is 5.28 Å². The van der Waals surface area contributed by atoms with Crippen LogP contribution in [0.2, 0.25) is 5.28 Å². The monoisotopic (exact) mass is 267 g/mol. The fourth-order valence-corrected chi connectivity index (χ4v) is 2.33. The molecular weight excluding hydrogens is 254 g/mol.